The van der Waals surface area contributed by atoms with Gasteiger partial charge in [-0.25, -0.2) is 4.79 Å². The van der Waals surface area contributed by atoms with Crippen LogP contribution >= 0.6 is 0 Å². The zero-order valence-electron chi connectivity index (χ0n) is 68.6. The summed E-state index contributed by atoms with van der Waals surface area (Å²) in [6, 6.07) is 71.8. The van der Waals surface area contributed by atoms with Crippen molar-refractivity contribution in [3.05, 3.63) is 270 Å². The molecule has 8 atom stereocenters. The van der Waals surface area contributed by atoms with Crippen molar-refractivity contribution in [2.75, 3.05) is 0 Å². The van der Waals surface area contributed by atoms with E-state index >= 15 is 0 Å². The molecule has 4 bridgehead atoms. The first-order valence-corrected chi connectivity index (χ1v) is 40.2. The van der Waals surface area contributed by atoms with Crippen molar-refractivity contribution in [2.45, 2.75) is 164 Å². The summed E-state index contributed by atoms with van der Waals surface area (Å²) < 4.78 is 42.0. The fourth-order valence-corrected chi connectivity index (χ4v) is 17.3. The number of para-hydroxylation sites is 3. The summed E-state index contributed by atoms with van der Waals surface area (Å²) in [5, 5.41) is 41.9. The number of nitrogens with zero attached hydrogens (tertiary/aromatic N) is 9. The Morgan fingerprint density at radius 3 is 0.724 bits per heavy atom. The van der Waals surface area contributed by atoms with E-state index in [0.29, 0.717) is 51.7 Å². The van der Waals surface area contributed by atoms with Gasteiger partial charge in [0, 0.05) is 16.2 Å². The SMILES string of the molecule is CC.CC.CC(C)(c1ccc(N=C=O)cc1)c1ccc(Oc2nc(Oc3ccc(C(C)(C)c4ccc(OC#N)cc4)cc3)nc(Oc3ccc(C(C)(C)c4ccc(OC#N)cc4)cc3)n2)cc1.CC1CC2C3CCC(C3)C2C1.CC1CC2C3CCC(C3)C2C1.N#COc1ccccc1.N#COc1ccccc1.N#COc1ccccc1. The summed E-state index contributed by atoms with van der Waals surface area (Å²) in [4.78, 5) is 27.9. The van der Waals surface area contributed by atoms with E-state index < -0.39 is 0 Å². The van der Waals surface area contributed by atoms with Crippen molar-refractivity contribution in [2.24, 2.45) is 64.2 Å². The molecule has 0 radical (unpaired) electrons. The molecule has 596 valence electrons. The van der Waals surface area contributed by atoms with Crippen LogP contribution in [0.4, 0.5) is 5.69 Å². The highest BCUT2D eigenvalue weighted by molar-refractivity contribution is 5.52. The van der Waals surface area contributed by atoms with Crippen LogP contribution in [0.25, 0.3) is 0 Å². The minimum absolute atomic E-state index is 0.0446. The number of fused-ring (bicyclic) bond motifs is 10. The van der Waals surface area contributed by atoms with Gasteiger partial charge in [-0.05, 0) is 266 Å². The molecule has 0 N–H and O–H groups in total. The molecule has 1 aromatic heterocycles. The Kier molecular flexibility index (Phi) is 32.3. The molecule has 6 aliphatic rings. The Hall–Kier alpha value is -12.8. The molecule has 9 aromatic carbocycles. The highest BCUT2D eigenvalue weighted by Crippen LogP contribution is 2.61. The summed E-state index contributed by atoms with van der Waals surface area (Å²) in [7, 11) is 0. The predicted molar refractivity (Wildman–Crippen MR) is 449 cm³/mol. The van der Waals surface area contributed by atoms with Crippen LogP contribution in [0.5, 0.6) is 64.0 Å². The number of hydrogen-bond acceptors (Lipinski definition) is 18. The molecule has 1 heterocycles. The van der Waals surface area contributed by atoms with Gasteiger partial charge in [-0.1, -0.05) is 210 Å². The molecule has 18 nitrogen and oxygen atoms in total. The van der Waals surface area contributed by atoms with Crippen LogP contribution in [0.3, 0.4) is 0 Å². The number of hydrogen-bond donors (Lipinski definition) is 0. The Morgan fingerprint density at radius 1 is 0.302 bits per heavy atom. The van der Waals surface area contributed by atoms with Gasteiger partial charge in [0.25, 0.3) is 31.3 Å². The zero-order chi connectivity index (χ0) is 83.0. The summed E-state index contributed by atoms with van der Waals surface area (Å²) in [5.74, 6) is 15.7. The molecular formula is C98H105N9O9. The number of nitriles is 5. The first kappa shape index (κ1) is 87.2. The monoisotopic (exact) mass is 1550 g/mol. The summed E-state index contributed by atoms with van der Waals surface area (Å²) in [6.07, 6.45) is 25.6. The number of aliphatic imine (C=N–C) groups is 1. The zero-order valence-corrected chi connectivity index (χ0v) is 68.6. The van der Waals surface area contributed by atoms with Crippen LogP contribution in [0, 0.1) is 117 Å². The highest BCUT2D eigenvalue weighted by atomic mass is 16.5. The summed E-state index contributed by atoms with van der Waals surface area (Å²) >= 11 is 0. The third kappa shape index (κ3) is 23.7. The molecule has 0 spiro atoms. The van der Waals surface area contributed by atoms with Crippen molar-refractivity contribution in [3.8, 4) is 95.3 Å². The first-order valence-electron chi connectivity index (χ1n) is 40.2. The second-order valence-corrected chi connectivity index (χ2v) is 31.1. The molecule has 16 rings (SSSR count). The number of benzene rings is 9. The van der Waals surface area contributed by atoms with E-state index in [1.807, 2.05) is 191 Å². The van der Waals surface area contributed by atoms with Crippen LogP contribution in [0.15, 0.2) is 242 Å². The smallest absolute Gasteiger partial charge is 0.331 e. The normalized spacial score (nSPS) is 19.5. The van der Waals surface area contributed by atoms with Gasteiger partial charge in [-0.2, -0.15) is 4.99 Å². The van der Waals surface area contributed by atoms with Crippen molar-refractivity contribution >= 4 is 11.8 Å². The lowest BCUT2D eigenvalue weighted by Gasteiger charge is -2.26. The lowest BCUT2D eigenvalue weighted by molar-refractivity contribution is 0.259. The van der Waals surface area contributed by atoms with Crippen molar-refractivity contribution in [3.63, 3.8) is 0 Å². The average molecular weight is 1550 g/mol. The van der Waals surface area contributed by atoms with E-state index in [-0.39, 0.29) is 34.3 Å². The van der Waals surface area contributed by atoms with Gasteiger partial charge in [0.15, 0.2) is 0 Å². The lowest BCUT2D eigenvalue weighted by Crippen LogP contribution is -2.18. The lowest BCUT2D eigenvalue weighted by atomic mass is 9.78. The molecule has 0 aliphatic heterocycles. The summed E-state index contributed by atoms with van der Waals surface area (Å²) in [5.41, 5.74) is 5.62. The Labute approximate surface area is 685 Å². The van der Waals surface area contributed by atoms with Gasteiger partial charge < -0.3 is 37.9 Å². The predicted octanol–water partition coefficient (Wildman–Crippen LogP) is 24.8. The van der Waals surface area contributed by atoms with Gasteiger partial charge in [-0.3, -0.25) is 0 Å². The molecule has 6 fully saturated rings. The fourth-order valence-electron chi connectivity index (χ4n) is 17.3. The average Bonchev–Trinajstić information content (AvgIpc) is 1.56. The molecular weight excluding hydrogens is 1450 g/mol. The van der Waals surface area contributed by atoms with Crippen LogP contribution in [-0.2, 0) is 21.0 Å². The molecule has 18 heteroatoms. The van der Waals surface area contributed by atoms with Gasteiger partial charge in [0.2, 0.25) is 6.08 Å². The van der Waals surface area contributed by atoms with Crippen molar-refractivity contribution in [1.29, 1.82) is 26.3 Å². The molecule has 0 saturated heterocycles. The van der Waals surface area contributed by atoms with Crippen LogP contribution in [-0.4, -0.2) is 21.0 Å². The number of ether oxygens (including phenoxy) is 8. The summed E-state index contributed by atoms with van der Waals surface area (Å²) in [6.45, 7) is 25.6. The number of aromatic nitrogens is 3. The Bertz CT molecular complexity index is 4620. The minimum atomic E-state index is -0.373. The maximum Gasteiger partial charge on any atom is 0.331 e. The van der Waals surface area contributed by atoms with E-state index in [1.54, 1.807) is 174 Å². The Morgan fingerprint density at radius 2 is 0.509 bits per heavy atom. The molecule has 0 amide bonds. The molecule has 6 aliphatic carbocycles. The van der Waals surface area contributed by atoms with Gasteiger partial charge in [-0.15, -0.1) is 41.3 Å². The minimum Gasteiger partial charge on any atom is -0.424 e. The maximum atomic E-state index is 10.7. The second kappa shape index (κ2) is 42.9. The molecule has 8 unspecified atom stereocenters. The van der Waals surface area contributed by atoms with Crippen molar-refractivity contribution < 1.29 is 42.7 Å². The van der Waals surface area contributed by atoms with Crippen molar-refractivity contribution in [1.82, 2.24) is 15.0 Å². The van der Waals surface area contributed by atoms with E-state index in [9.17, 15) is 4.79 Å². The standard InChI is InChI=1S/C51H42N6O6.2C11H18.3C7H5NO.2C2H6/c1-49(2,34-7-19-40(20-8-34)54-33-58)37-13-25-43(26-14-37)61-46-55-47(62-44-27-15-38(16-28-44)50(3,4)35-9-21-41(22-10-35)59-31-52)57-48(56-46)63-45-29-17-39(18-30-45)51(5,6)36-11-23-42(24-12-36)60-32-53;2*1-7-4-10-8-2-3-9(6-8)11(10)5-7;3*8-6-9-7-4-2-1-3-5-7;2*1-2/h7-30H,1-6H3;2*7-11H,2-6H2,1H3;3*1-5H;2*1-2H3. The number of rotatable bonds is 18. The van der Waals surface area contributed by atoms with Gasteiger partial charge >= 0.3 is 18.0 Å². The van der Waals surface area contributed by atoms with Gasteiger partial charge in [0.05, 0.1) is 5.69 Å². The van der Waals surface area contributed by atoms with E-state index in [1.165, 1.54) is 47.3 Å². The van der Waals surface area contributed by atoms with E-state index in [0.717, 1.165) is 45.2 Å². The van der Waals surface area contributed by atoms with E-state index in [4.69, 9.17) is 50.0 Å². The largest absolute Gasteiger partial charge is 0.424 e. The Balaban J connectivity index is 0.000000226. The fraction of sp³-hybridized carbons (Fsp3) is 0.357. The molecule has 10 aromatic rings. The molecule has 116 heavy (non-hydrogen) atoms. The quantitative estimate of drug-likeness (QED) is 0.0439. The topological polar surface area (TPSA) is 261 Å². The number of carbonyl (C=O) groups excluding carboxylic acids is 1. The molecule has 6 saturated carbocycles. The van der Waals surface area contributed by atoms with Gasteiger partial charge in [0.1, 0.15) is 46.0 Å². The van der Waals surface area contributed by atoms with Crippen LogP contribution < -0.4 is 37.9 Å². The first-order chi connectivity index (χ1) is 56.3. The van der Waals surface area contributed by atoms with E-state index in [2.05, 4.69) is 89.5 Å². The third-order valence-corrected chi connectivity index (χ3v) is 23.1. The van der Waals surface area contributed by atoms with Crippen LogP contribution in [0.2, 0.25) is 0 Å². The number of isocyanates is 1. The highest BCUT2D eigenvalue weighted by Gasteiger charge is 2.52. The third-order valence-electron chi connectivity index (χ3n) is 23.1. The maximum absolute atomic E-state index is 10.7. The van der Waals surface area contributed by atoms with Crippen LogP contribution in [0.1, 0.15) is 181 Å². The second-order valence-electron chi connectivity index (χ2n) is 31.1.